The first kappa shape index (κ1) is 13.2. The summed E-state index contributed by atoms with van der Waals surface area (Å²) in [7, 11) is 0. The predicted molar refractivity (Wildman–Crippen MR) is 66.7 cm³/mol. The Morgan fingerprint density at radius 2 is 2.28 bits per heavy atom. The number of hydrazone groups is 1. The number of aryl methyl sites for hydroxylation is 1. The van der Waals surface area contributed by atoms with Gasteiger partial charge in [-0.05, 0) is 24.6 Å². The van der Waals surface area contributed by atoms with Crippen molar-refractivity contribution in [2.75, 3.05) is 5.43 Å². The Hall–Kier alpha value is -2.88. The van der Waals surface area contributed by atoms with E-state index in [9.17, 15) is 4.79 Å². The van der Waals surface area contributed by atoms with E-state index in [2.05, 4.69) is 10.5 Å². The molecule has 0 radical (unpaired) electrons. The Morgan fingerprint density at radius 3 is 2.78 bits per heavy atom. The molecule has 0 bridgehead atoms. The van der Waals surface area contributed by atoms with Crippen LogP contribution in [0.2, 0.25) is 0 Å². The summed E-state index contributed by atoms with van der Waals surface area (Å²) in [6.07, 6.45) is 0. The monoisotopic (exact) mass is 245 g/mol. The van der Waals surface area contributed by atoms with Gasteiger partial charge >= 0.3 is 5.97 Å². The maximum Gasteiger partial charge on any atom is 0.336 e. The fourth-order valence-electron chi connectivity index (χ4n) is 1.19. The molecule has 0 aliphatic heterocycles. The summed E-state index contributed by atoms with van der Waals surface area (Å²) in [5, 5.41) is 28.2. The minimum atomic E-state index is -1.05. The number of amidine groups is 1. The number of aromatic carboxylic acids is 1. The van der Waals surface area contributed by atoms with Gasteiger partial charge in [0, 0.05) is 0 Å². The number of hydrogen-bond donors (Lipinski definition) is 4. The van der Waals surface area contributed by atoms with E-state index in [-0.39, 0.29) is 11.3 Å². The number of carbonyl (C=O) groups is 1. The molecule has 92 valence electrons. The molecule has 0 aliphatic rings. The molecule has 0 saturated heterocycles. The number of anilines is 1. The van der Waals surface area contributed by atoms with Crippen molar-refractivity contribution in [1.29, 1.82) is 10.7 Å². The Morgan fingerprint density at radius 1 is 1.61 bits per heavy atom. The van der Waals surface area contributed by atoms with E-state index in [0.717, 1.165) is 0 Å². The second-order valence-corrected chi connectivity index (χ2v) is 3.43. The van der Waals surface area contributed by atoms with Gasteiger partial charge in [-0.2, -0.15) is 10.4 Å². The molecular weight excluding hydrogens is 234 g/mol. The first-order chi connectivity index (χ1) is 8.45. The molecule has 7 heteroatoms. The molecule has 0 fully saturated rings. The van der Waals surface area contributed by atoms with Crippen LogP contribution in [-0.4, -0.2) is 22.6 Å². The smallest absolute Gasteiger partial charge is 0.336 e. The molecule has 0 unspecified atom stereocenters. The van der Waals surface area contributed by atoms with Crippen molar-refractivity contribution in [1.82, 2.24) is 0 Å². The maximum absolute atomic E-state index is 10.9. The molecule has 1 aromatic rings. The highest BCUT2D eigenvalue weighted by atomic mass is 16.4. The molecule has 0 saturated carbocycles. The van der Waals surface area contributed by atoms with Crippen LogP contribution in [0.3, 0.4) is 0 Å². The molecule has 0 heterocycles. The van der Waals surface area contributed by atoms with Crippen LogP contribution in [0.25, 0.3) is 0 Å². The molecule has 0 spiro atoms. The number of hydrogen-bond acceptors (Lipinski definition) is 5. The minimum Gasteiger partial charge on any atom is -0.478 e. The van der Waals surface area contributed by atoms with Crippen LogP contribution in [0, 0.1) is 23.7 Å². The molecule has 5 N–H and O–H groups in total. The lowest BCUT2D eigenvalue weighted by atomic mass is 10.1. The van der Waals surface area contributed by atoms with Gasteiger partial charge in [0.2, 0.25) is 5.71 Å². The molecule has 7 nitrogen and oxygen atoms in total. The number of nitrogens with one attached hydrogen (secondary N) is 2. The standard InChI is InChI=1S/C11H11N5O2/c1-6-2-3-7(4-8(6)11(17)18)15-16-9(5-12)10(13)14/h2-4,15H,1H3,(H3,13,14)(H,17,18)/b16-9+. The Balaban J connectivity index is 3.00. The molecule has 18 heavy (non-hydrogen) atoms. The SMILES string of the molecule is Cc1ccc(N/N=C(\C#N)C(=N)N)cc1C(=O)O. The Labute approximate surface area is 103 Å². The van der Waals surface area contributed by atoms with Gasteiger partial charge in [0.1, 0.15) is 6.07 Å². The summed E-state index contributed by atoms with van der Waals surface area (Å²) in [6.45, 7) is 1.67. The van der Waals surface area contributed by atoms with Crippen LogP contribution >= 0.6 is 0 Å². The van der Waals surface area contributed by atoms with Gasteiger partial charge in [0.15, 0.2) is 5.84 Å². The van der Waals surface area contributed by atoms with Gasteiger partial charge in [0.05, 0.1) is 11.3 Å². The van der Waals surface area contributed by atoms with E-state index < -0.39 is 11.8 Å². The first-order valence-corrected chi connectivity index (χ1v) is 4.88. The van der Waals surface area contributed by atoms with Gasteiger partial charge in [-0.15, -0.1) is 0 Å². The second-order valence-electron chi connectivity index (χ2n) is 3.43. The highest BCUT2D eigenvalue weighted by Crippen LogP contribution is 2.15. The lowest BCUT2D eigenvalue weighted by molar-refractivity contribution is 0.0696. The largest absolute Gasteiger partial charge is 0.478 e. The van der Waals surface area contributed by atoms with Crippen LogP contribution in [0.15, 0.2) is 23.3 Å². The van der Waals surface area contributed by atoms with Crippen molar-refractivity contribution in [3.8, 4) is 6.07 Å². The summed E-state index contributed by atoms with van der Waals surface area (Å²) in [5.41, 5.74) is 8.47. The number of benzene rings is 1. The number of carboxylic acid groups (broad SMARTS) is 1. The average Bonchev–Trinajstić information content (AvgIpc) is 2.31. The quantitative estimate of drug-likeness (QED) is 0.355. The van der Waals surface area contributed by atoms with E-state index in [0.29, 0.717) is 11.3 Å². The molecule has 0 atom stereocenters. The van der Waals surface area contributed by atoms with Gasteiger partial charge in [-0.25, -0.2) is 4.79 Å². The average molecular weight is 245 g/mol. The van der Waals surface area contributed by atoms with E-state index in [4.69, 9.17) is 21.5 Å². The zero-order valence-electron chi connectivity index (χ0n) is 9.56. The summed E-state index contributed by atoms with van der Waals surface area (Å²) < 4.78 is 0. The maximum atomic E-state index is 10.9. The number of nitrogens with two attached hydrogens (primary N) is 1. The van der Waals surface area contributed by atoms with Crippen LogP contribution < -0.4 is 11.2 Å². The summed E-state index contributed by atoms with van der Waals surface area (Å²) in [5.74, 6) is -1.51. The minimum absolute atomic E-state index is 0.136. The van der Waals surface area contributed by atoms with Crippen molar-refractivity contribution in [3.05, 3.63) is 29.3 Å². The van der Waals surface area contributed by atoms with Gasteiger partial charge in [-0.3, -0.25) is 10.8 Å². The number of nitrogens with zero attached hydrogens (tertiary/aromatic N) is 2. The number of rotatable bonds is 4. The third-order valence-electron chi connectivity index (χ3n) is 2.13. The normalized spacial score (nSPS) is 10.6. The second kappa shape index (κ2) is 5.45. The molecule has 0 aliphatic carbocycles. The topological polar surface area (TPSA) is 135 Å². The zero-order valence-corrected chi connectivity index (χ0v) is 9.56. The van der Waals surface area contributed by atoms with Crippen molar-refractivity contribution < 1.29 is 9.90 Å². The third-order valence-corrected chi connectivity index (χ3v) is 2.13. The Kier molecular flexibility index (Phi) is 3.99. The van der Waals surface area contributed by atoms with Crippen LogP contribution in [0.5, 0.6) is 0 Å². The lowest BCUT2D eigenvalue weighted by Gasteiger charge is -2.05. The van der Waals surface area contributed by atoms with Crippen LogP contribution in [0.4, 0.5) is 5.69 Å². The van der Waals surface area contributed by atoms with Crippen molar-refractivity contribution in [2.24, 2.45) is 10.8 Å². The van der Waals surface area contributed by atoms with Gasteiger partial charge in [-0.1, -0.05) is 6.07 Å². The summed E-state index contributed by atoms with van der Waals surface area (Å²) in [6, 6.07) is 6.25. The van der Waals surface area contributed by atoms with E-state index >= 15 is 0 Å². The van der Waals surface area contributed by atoms with Crippen molar-refractivity contribution in [3.63, 3.8) is 0 Å². The number of nitriles is 1. The van der Waals surface area contributed by atoms with Gasteiger partial charge < -0.3 is 10.8 Å². The van der Waals surface area contributed by atoms with Crippen molar-refractivity contribution >= 4 is 23.2 Å². The molecule has 1 aromatic carbocycles. The first-order valence-electron chi connectivity index (χ1n) is 4.88. The molecule has 0 amide bonds. The van der Waals surface area contributed by atoms with E-state index in [1.54, 1.807) is 25.1 Å². The summed E-state index contributed by atoms with van der Waals surface area (Å²) >= 11 is 0. The third kappa shape index (κ3) is 3.05. The van der Waals surface area contributed by atoms with E-state index in [1.807, 2.05) is 0 Å². The molecule has 1 rings (SSSR count). The molecule has 0 aromatic heterocycles. The van der Waals surface area contributed by atoms with Crippen LogP contribution in [0.1, 0.15) is 15.9 Å². The van der Waals surface area contributed by atoms with Crippen molar-refractivity contribution in [2.45, 2.75) is 6.92 Å². The fourth-order valence-corrected chi connectivity index (χ4v) is 1.19. The highest BCUT2D eigenvalue weighted by molar-refractivity contribution is 6.45. The number of carboxylic acids is 1. The highest BCUT2D eigenvalue weighted by Gasteiger charge is 2.08. The van der Waals surface area contributed by atoms with Gasteiger partial charge in [0.25, 0.3) is 0 Å². The predicted octanol–water partition coefficient (Wildman–Crippen LogP) is 0.921. The molecular formula is C11H11N5O2. The lowest BCUT2D eigenvalue weighted by Crippen LogP contribution is -2.21. The van der Waals surface area contributed by atoms with Crippen LogP contribution in [-0.2, 0) is 0 Å². The summed E-state index contributed by atoms with van der Waals surface area (Å²) in [4.78, 5) is 10.9. The fraction of sp³-hybridized carbons (Fsp3) is 0.0909. The zero-order chi connectivity index (χ0) is 13.7. The van der Waals surface area contributed by atoms with E-state index in [1.165, 1.54) is 6.07 Å². The Bertz CT molecular complexity index is 571.